The summed E-state index contributed by atoms with van der Waals surface area (Å²) in [6, 6.07) is 16.2. The number of likely N-dealkylation sites (tertiary alicyclic amines) is 1. The monoisotopic (exact) mass is 335 g/mol. The van der Waals surface area contributed by atoms with Gasteiger partial charge in [0.05, 0.1) is 5.60 Å². The fourth-order valence-electron chi connectivity index (χ4n) is 4.22. The van der Waals surface area contributed by atoms with Crippen LogP contribution in [0.2, 0.25) is 0 Å². The van der Waals surface area contributed by atoms with Crippen molar-refractivity contribution in [3.63, 3.8) is 0 Å². The Hall–Kier alpha value is -2.13. The highest BCUT2D eigenvalue weighted by Crippen LogP contribution is 2.36. The molecule has 3 heteroatoms. The fourth-order valence-corrected chi connectivity index (χ4v) is 4.22. The van der Waals surface area contributed by atoms with Gasteiger partial charge in [0.15, 0.2) is 0 Å². The summed E-state index contributed by atoms with van der Waals surface area (Å²) in [6.45, 7) is 4.56. The highest BCUT2D eigenvalue weighted by atomic mass is 16.5. The molecule has 0 atom stereocenters. The Balaban J connectivity index is 1.58. The van der Waals surface area contributed by atoms with Gasteiger partial charge in [-0.2, -0.15) is 0 Å². The van der Waals surface area contributed by atoms with Crippen molar-refractivity contribution in [1.29, 1.82) is 0 Å². The standard InChI is InChI=1S/C22H25NO2/c1-17-7-2-3-8-18(17)19-9-4-5-10-20(19)21(24)23-14-12-22(13-15-23)11-6-16-25-22/h2-5,7-10H,6,11-16H2,1H3. The van der Waals surface area contributed by atoms with Crippen LogP contribution in [-0.2, 0) is 4.74 Å². The van der Waals surface area contributed by atoms with E-state index in [0.717, 1.165) is 62.1 Å². The van der Waals surface area contributed by atoms with Gasteiger partial charge in [-0.1, -0.05) is 42.5 Å². The Morgan fingerprint density at radius 3 is 2.32 bits per heavy atom. The van der Waals surface area contributed by atoms with E-state index >= 15 is 0 Å². The van der Waals surface area contributed by atoms with Gasteiger partial charge in [-0.3, -0.25) is 4.79 Å². The molecule has 0 unspecified atom stereocenters. The first-order chi connectivity index (χ1) is 12.2. The number of ether oxygens (including phenoxy) is 1. The van der Waals surface area contributed by atoms with Crippen LogP contribution in [0.5, 0.6) is 0 Å². The number of hydrogen-bond donors (Lipinski definition) is 0. The molecule has 2 aliphatic heterocycles. The molecule has 0 saturated carbocycles. The molecule has 4 rings (SSSR count). The summed E-state index contributed by atoms with van der Waals surface area (Å²) in [5.74, 6) is 0.145. The van der Waals surface area contributed by atoms with Crippen LogP contribution in [-0.4, -0.2) is 36.1 Å². The van der Waals surface area contributed by atoms with Gasteiger partial charge in [0.1, 0.15) is 0 Å². The summed E-state index contributed by atoms with van der Waals surface area (Å²) in [6.07, 6.45) is 4.23. The lowest BCUT2D eigenvalue weighted by atomic mass is 9.88. The van der Waals surface area contributed by atoms with Gasteiger partial charge in [0.2, 0.25) is 0 Å². The molecule has 130 valence electrons. The number of carbonyl (C=O) groups excluding carboxylic acids is 1. The quantitative estimate of drug-likeness (QED) is 0.811. The van der Waals surface area contributed by atoms with Crippen molar-refractivity contribution in [3.05, 3.63) is 59.7 Å². The van der Waals surface area contributed by atoms with Crippen molar-refractivity contribution in [2.45, 2.75) is 38.2 Å². The van der Waals surface area contributed by atoms with Crippen LogP contribution in [0, 0.1) is 6.92 Å². The first-order valence-corrected chi connectivity index (χ1v) is 9.27. The minimum absolute atomic E-state index is 0.0479. The minimum atomic E-state index is 0.0479. The second-order valence-corrected chi connectivity index (χ2v) is 7.29. The molecule has 0 radical (unpaired) electrons. The van der Waals surface area contributed by atoms with Gasteiger partial charge in [0, 0.05) is 25.3 Å². The number of aryl methyl sites for hydroxylation is 1. The van der Waals surface area contributed by atoms with Crippen molar-refractivity contribution in [1.82, 2.24) is 4.90 Å². The number of carbonyl (C=O) groups is 1. The zero-order chi connectivity index (χ0) is 17.3. The number of rotatable bonds is 2. The van der Waals surface area contributed by atoms with Crippen LogP contribution < -0.4 is 0 Å². The molecule has 2 fully saturated rings. The smallest absolute Gasteiger partial charge is 0.254 e. The molecule has 1 spiro atoms. The number of benzene rings is 2. The normalized spacial score (nSPS) is 19.3. The number of piperidine rings is 1. The molecule has 2 aromatic carbocycles. The maximum atomic E-state index is 13.2. The van der Waals surface area contributed by atoms with Crippen LogP contribution in [0.1, 0.15) is 41.6 Å². The van der Waals surface area contributed by atoms with Crippen LogP contribution in [0.25, 0.3) is 11.1 Å². The number of hydrogen-bond acceptors (Lipinski definition) is 2. The predicted octanol–water partition coefficient (Wildman–Crippen LogP) is 4.45. The molecule has 0 bridgehead atoms. The topological polar surface area (TPSA) is 29.5 Å². The third-order valence-electron chi connectivity index (χ3n) is 5.74. The zero-order valence-corrected chi connectivity index (χ0v) is 14.8. The summed E-state index contributed by atoms with van der Waals surface area (Å²) in [4.78, 5) is 15.2. The molecule has 2 heterocycles. The lowest BCUT2D eigenvalue weighted by Gasteiger charge is -2.38. The van der Waals surface area contributed by atoms with E-state index in [2.05, 4.69) is 25.1 Å². The molecule has 2 saturated heterocycles. The third kappa shape index (κ3) is 3.09. The lowest BCUT2D eigenvalue weighted by Crippen LogP contribution is -2.46. The van der Waals surface area contributed by atoms with Gasteiger partial charge in [-0.15, -0.1) is 0 Å². The first-order valence-electron chi connectivity index (χ1n) is 9.27. The Labute approximate surface area is 149 Å². The Bertz CT molecular complexity index is 767. The van der Waals surface area contributed by atoms with E-state index in [9.17, 15) is 4.79 Å². The van der Waals surface area contributed by atoms with Crippen LogP contribution in [0.4, 0.5) is 0 Å². The minimum Gasteiger partial charge on any atom is -0.375 e. The molecule has 0 N–H and O–H groups in total. The number of nitrogens with zero attached hydrogens (tertiary/aromatic N) is 1. The van der Waals surface area contributed by atoms with E-state index in [1.165, 1.54) is 5.56 Å². The predicted molar refractivity (Wildman–Crippen MR) is 99.7 cm³/mol. The molecule has 1 amide bonds. The third-order valence-corrected chi connectivity index (χ3v) is 5.74. The Morgan fingerprint density at radius 1 is 0.960 bits per heavy atom. The summed E-state index contributed by atoms with van der Waals surface area (Å²) < 4.78 is 5.99. The molecular weight excluding hydrogens is 310 g/mol. The summed E-state index contributed by atoms with van der Waals surface area (Å²) >= 11 is 0. The highest BCUT2D eigenvalue weighted by molar-refractivity contribution is 6.01. The second kappa shape index (κ2) is 6.64. The summed E-state index contributed by atoms with van der Waals surface area (Å²) in [5, 5.41) is 0. The van der Waals surface area contributed by atoms with E-state index in [4.69, 9.17) is 4.74 Å². The highest BCUT2D eigenvalue weighted by Gasteiger charge is 2.39. The van der Waals surface area contributed by atoms with E-state index < -0.39 is 0 Å². The largest absolute Gasteiger partial charge is 0.375 e. The van der Waals surface area contributed by atoms with E-state index in [1.54, 1.807) is 0 Å². The van der Waals surface area contributed by atoms with Crippen LogP contribution in [0.3, 0.4) is 0 Å². The molecule has 2 aliphatic rings. The van der Waals surface area contributed by atoms with Crippen molar-refractivity contribution in [2.24, 2.45) is 0 Å². The zero-order valence-electron chi connectivity index (χ0n) is 14.8. The maximum absolute atomic E-state index is 13.2. The molecule has 3 nitrogen and oxygen atoms in total. The average Bonchev–Trinajstić information content (AvgIpc) is 3.10. The average molecular weight is 335 g/mol. The van der Waals surface area contributed by atoms with E-state index in [-0.39, 0.29) is 11.5 Å². The molecule has 0 aromatic heterocycles. The Kier molecular flexibility index (Phi) is 4.34. The van der Waals surface area contributed by atoms with Crippen molar-refractivity contribution in [3.8, 4) is 11.1 Å². The first kappa shape index (κ1) is 16.3. The van der Waals surface area contributed by atoms with Crippen LogP contribution >= 0.6 is 0 Å². The van der Waals surface area contributed by atoms with E-state index in [1.807, 2.05) is 35.2 Å². The van der Waals surface area contributed by atoms with Crippen molar-refractivity contribution in [2.75, 3.05) is 19.7 Å². The van der Waals surface area contributed by atoms with Gasteiger partial charge in [-0.25, -0.2) is 0 Å². The molecular formula is C22H25NO2. The van der Waals surface area contributed by atoms with Crippen molar-refractivity contribution < 1.29 is 9.53 Å². The lowest BCUT2D eigenvalue weighted by molar-refractivity contribution is -0.0387. The van der Waals surface area contributed by atoms with Gasteiger partial charge in [-0.05, 0) is 55.4 Å². The SMILES string of the molecule is Cc1ccccc1-c1ccccc1C(=O)N1CCC2(CCCO2)CC1. The van der Waals surface area contributed by atoms with E-state index in [0.29, 0.717) is 0 Å². The van der Waals surface area contributed by atoms with Crippen LogP contribution in [0.15, 0.2) is 48.5 Å². The summed E-state index contributed by atoms with van der Waals surface area (Å²) in [7, 11) is 0. The fraction of sp³-hybridized carbons (Fsp3) is 0.409. The Morgan fingerprint density at radius 2 is 1.64 bits per heavy atom. The van der Waals surface area contributed by atoms with Gasteiger partial charge < -0.3 is 9.64 Å². The summed E-state index contributed by atoms with van der Waals surface area (Å²) in [5.41, 5.74) is 4.22. The van der Waals surface area contributed by atoms with Gasteiger partial charge in [0.25, 0.3) is 5.91 Å². The second-order valence-electron chi connectivity index (χ2n) is 7.29. The maximum Gasteiger partial charge on any atom is 0.254 e. The van der Waals surface area contributed by atoms with Crippen molar-refractivity contribution >= 4 is 5.91 Å². The molecule has 2 aromatic rings. The molecule has 0 aliphatic carbocycles. The number of amides is 1. The molecule has 25 heavy (non-hydrogen) atoms. The van der Waals surface area contributed by atoms with Gasteiger partial charge >= 0.3 is 0 Å².